The number of aromatic nitrogens is 1. The standard InChI is InChI=1S/C15H17N3O3/c1-9-14(21-11(3)16-9)8-15(20)18-13-6-4-12(5-7-13)17-10(2)19/h4-7H,8H2,1-3H3,(H,17,19)(H,18,20). The molecule has 1 aromatic carbocycles. The molecule has 0 atom stereocenters. The van der Waals surface area contributed by atoms with E-state index in [0.29, 0.717) is 23.0 Å². The Kier molecular flexibility index (Phi) is 4.37. The lowest BCUT2D eigenvalue weighted by molar-refractivity contribution is -0.116. The number of nitrogens with zero attached hydrogens (tertiary/aromatic N) is 1. The highest BCUT2D eigenvalue weighted by Gasteiger charge is 2.12. The number of anilines is 2. The molecule has 6 nitrogen and oxygen atoms in total. The molecule has 110 valence electrons. The summed E-state index contributed by atoms with van der Waals surface area (Å²) < 4.78 is 5.37. The van der Waals surface area contributed by atoms with Gasteiger partial charge in [-0.25, -0.2) is 4.98 Å². The first-order chi connectivity index (χ1) is 9.94. The minimum Gasteiger partial charge on any atom is -0.445 e. The van der Waals surface area contributed by atoms with Crippen molar-refractivity contribution in [2.24, 2.45) is 0 Å². The van der Waals surface area contributed by atoms with Gasteiger partial charge in [0.05, 0.1) is 12.1 Å². The third-order valence-corrected chi connectivity index (χ3v) is 2.81. The highest BCUT2D eigenvalue weighted by molar-refractivity contribution is 5.93. The number of carbonyl (C=O) groups is 2. The van der Waals surface area contributed by atoms with Gasteiger partial charge in [-0.2, -0.15) is 0 Å². The van der Waals surface area contributed by atoms with Crippen LogP contribution in [0.3, 0.4) is 0 Å². The zero-order chi connectivity index (χ0) is 15.4. The average molecular weight is 287 g/mol. The van der Waals surface area contributed by atoms with Crippen LogP contribution in [0.25, 0.3) is 0 Å². The normalized spacial score (nSPS) is 10.2. The van der Waals surface area contributed by atoms with Crippen molar-refractivity contribution in [1.29, 1.82) is 0 Å². The highest BCUT2D eigenvalue weighted by atomic mass is 16.4. The van der Waals surface area contributed by atoms with Gasteiger partial charge in [0.1, 0.15) is 5.76 Å². The summed E-state index contributed by atoms with van der Waals surface area (Å²) in [5, 5.41) is 5.43. The Labute approximate surface area is 122 Å². The van der Waals surface area contributed by atoms with E-state index in [1.807, 2.05) is 0 Å². The Bertz CT molecular complexity index is 659. The van der Waals surface area contributed by atoms with E-state index in [2.05, 4.69) is 15.6 Å². The summed E-state index contributed by atoms with van der Waals surface area (Å²) >= 11 is 0. The number of oxazole rings is 1. The van der Waals surface area contributed by atoms with Gasteiger partial charge in [0.15, 0.2) is 5.89 Å². The van der Waals surface area contributed by atoms with E-state index in [1.54, 1.807) is 38.1 Å². The lowest BCUT2D eigenvalue weighted by atomic mass is 10.2. The molecule has 0 fully saturated rings. The molecule has 0 unspecified atom stereocenters. The van der Waals surface area contributed by atoms with Crippen LogP contribution in [0.5, 0.6) is 0 Å². The van der Waals surface area contributed by atoms with Crippen molar-refractivity contribution >= 4 is 23.2 Å². The molecule has 0 aliphatic carbocycles. The van der Waals surface area contributed by atoms with Crippen molar-refractivity contribution in [1.82, 2.24) is 4.98 Å². The van der Waals surface area contributed by atoms with E-state index in [1.165, 1.54) is 6.92 Å². The Morgan fingerprint density at radius 1 is 1.10 bits per heavy atom. The SMILES string of the molecule is CC(=O)Nc1ccc(NC(=O)Cc2oc(C)nc2C)cc1. The molecule has 2 amide bonds. The van der Waals surface area contributed by atoms with Crippen molar-refractivity contribution < 1.29 is 14.0 Å². The number of benzene rings is 1. The van der Waals surface area contributed by atoms with E-state index in [-0.39, 0.29) is 18.2 Å². The fourth-order valence-corrected chi connectivity index (χ4v) is 1.93. The Morgan fingerprint density at radius 2 is 1.67 bits per heavy atom. The van der Waals surface area contributed by atoms with Crippen molar-refractivity contribution in [3.05, 3.63) is 41.6 Å². The number of nitrogens with one attached hydrogen (secondary N) is 2. The second-order valence-corrected chi connectivity index (χ2v) is 4.72. The number of rotatable bonds is 4. The van der Waals surface area contributed by atoms with Gasteiger partial charge >= 0.3 is 0 Å². The summed E-state index contributed by atoms with van der Waals surface area (Å²) in [7, 11) is 0. The van der Waals surface area contributed by atoms with Gasteiger partial charge in [-0.1, -0.05) is 0 Å². The van der Waals surface area contributed by atoms with E-state index in [9.17, 15) is 9.59 Å². The molecule has 1 aromatic heterocycles. The Morgan fingerprint density at radius 3 is 2.14 bits per heavy atom. The Hall–Kier alpha value is -2.63. The maximum Gasteiger partial charge on any atom is 0.232 e. The summed E-state index contributed by atoms with van der Waals surface area (Å²) in [6.07, 6.45) is 0.139. The second kappa shape index (κ2) is 6.21. The van der Waals surface area contributed by atoms with E-state index >= 15 is 0 Å². The van der Waals surface area contributed by atoms with Gasteiger partial charge < -0.3 is 15.1 Å². The minimum absolute atomic E-state index is 0.136. The molecule has 2 aromatic rings. The predicted octanol–water partition coefficient (Wildman–Crippen LogP) is 2.43. The number of amides is 2. The topological polar surface area (TPSA) is 84.2 Å². The third kappa shape index (κ3) is 4.17. The molecule has 0 spiro atoms. The van der Waals surface area contributed by atoms with Crippen LogP contribution < -0.4 is 10.6 Å². The zero-order valence-electron chi connectivity index (χ0n) is 12.2. The fraction of sp³-hybridized carbons (Fsp3) is 0.267. The number of hydrogen-bond donors (Lipinski definition) is 2. The third-order valence-electron chi connectivity index (χ3n) is 2.81. The van der Waals surface area contributed by atoms with Gasteiger partial charge in [-0.05, 0) is 31.2 Å². The molecule has 0 saturated heterocycles. The van der Waals surface area contributed by atoms with Crippen LogP contribution in [0, 0.1) is 13.8 Å². The molecule has 21 heavy (non-hydrogen) atoms. The second-order valence-electron chi connectivity index (χ2n) is 4.72. The summed E-state index contributed by atoms with van der Waals surface area (Å²) in [5.41, 5.74) is 2.06. The molecule has 0 aliphatic heterocycles. The number of hydrogen-bond acceptors (Lipinski definition) is 4. The van der Waals surface area contributed by atoms with Gasteiger partial charge in [-0.3, -0.25) is 9.59 Å². The molecule has 1 heterocycles. The maximum atomic E-state index is 11.9. The fourth-order valence-electron chi connectivity index (χ4n) is 1.93. The first-order valence-corrected chi connectivity index (χ1v) is 6.54. The quantitative estimate of drug-likeness (QED) is 0.904. The molecule has 0 bridgehead atoms. The van der Waals surface area contributed by atoms with Crippen LogP contribution >= 0.6 is 0 Å². The largest absolute Gasteiger partial charge is 0.445 e. The van der Waals surface area contributed by atoms with Crippen LogP contribution in [0.2, 0.25) is 0 Å². The minimum atomic E-state index is -0.179. The molecule has 6 heteroatoms. The van der Waals surface area contributed by atoms with Gasteiger partial charge in [0, 0.05) is 25.2 Å². The molecule has 2 rings (SSSR count). The molecular weight excluding hydrogens is 270 g/mol. The summed E-state index contributed by atoms with van der Waals surface area (Å²) in [6.45, 7) is 4.99. The maximum absolute atomic E-state index is 11.9. The first-order valence-electron chi connectivity index (χ1n) is 6.54. The molecule has 0 saturated carbocycles. The van der Waals surface area contributed by atoms with Crippen LogP contribution in [0.1, 0.15) is 24.3 Å². The predicted molar refractivity (Wildman–Crippen MR) is 79.1 cm³/mol. The van der Waals surface area contributed by atoms with Crippen molar-refractivity contribution in [3.8, 4) is 0 Å². The van der Waals surface area contributed by atoms with Crippen molar-refractivity contribution in [2.45, 2.75) is 27.2 Å². The average Bonchev–Trinajstić information content (AvgIpc) is 2.69. The van der Waals surface area contributed by atoms with Crippen LogP contribution in [0.15, 0.2) is 28.7 Å². The Balaban J connectivity index is 1.96. The van der Waals surface area contributed by atoms with Gasteiger partial charge in [-0.15, -0.1) is 0 Å². The van der Waals surface area contributed by atoms with Crippen LogP contribution in [0.4, 0.5) is 11.4 Å². The van der Waals surface area contributed by atoms with E-state index in [0.717, 1.165) is 5.69 Å². The smallest absolute Gasteiger partial charge is 0.232 e. The molecular formula is C15H17N3O3. The molecule has 0 radical (unpaired) electrons. The molecule has 0 aliphatic rings. The number of aryl methyl sites for hydroxylation is 2. The lowest BCUT2D eigenvalue weighted by Gasteiger charge is -2.06. The van der Waals surface area contributed by atoms with E-state index < -0.39 is 0 Å². The monoisotopic (exact) mass is 287 g/mol. The number of carbonyl (C=O) groups excluding carboxylic acids is 2. The highest BCUT2D eigenvalue weighted by Crippen LogP contribution is 2.15. The van der Waals surface area contributed by atoms with Gasteiger partial charge in [0.25, 0.3) is 0 Å². The van der Waals surface area contributed by atoms with Gasteiger partial charge in [0.2, 0.25) is 11.8 Å². The van der Waals surface area contributed by atoms with E-state index in [4.69, 9.17) is 4.42 Å². The summed E-state index contributed by atoms with van der Waals surface area (Å²) in [4.78, 5) is 27.0. The van der Waals surface area contributed by atoms with Crippen LogP contribution in [-0.4, -0.2) is 16.8 Å². The molecule has 2 N–H and O–H groups in total. The first kappa shape index (κ1) is 14.8. The summed E-state index contributed by atoms with van der Waals surface area (Å²) in [6, 6.07) is 6.89. The van der Waals surface area contributed by atoms with Crippen molar-refractivity contribution in [3.63, 3.8) is 0 Å². The zero-order valence-corrected chi connectivity index (χ0v) is 12.2. The lowest BCUT2D eigenvalue weighted by Crippen LogP contribution is -2.14. The van der Waals surface area contributed by atoms with Crippen molar-refractivity contribution in [2.75, 3.05) is 10.6 Å². The summed E-state index contributed by atoms with van der Waals surface area (Å²) in [5.74, 6) is 0.805. The van der Waals surface area contributed by atoms with Crippen LogP contribution in [-0.2, 0) is 16.0 Å².